The Hall–Kier alpha value is -1.55. The molecule has 0 N–H and O–H groups in total. The molecule has 134 valence electrons. The minimum Gasteiger partial charge on any atom is -0.325 e. The van der Waals surface area contributed by atoms with E-state index in [2.05, 4.69) is 13.8 Å². The predicted molar refractivity (Wildman–Crippen MR) is 101 cm³/mol. The van der Waals surface area contributed by atoms with E-state index in [-0.39, 0.29) is 24.4 Å². The minimum atomic E-state index is -0.169. The van der Waals surface area contributed by atoms with Crippen molar-refractivity contribution in [3.8, 4) is 0 Å². The second-order valence-corrected chi connectivity index (χ2v) is 6.01. The van der Waals surface area contributed by atoms with E-state index in [9.17, 15) is 9.59 Å². The normalized spacial score (nSPS) is 10.5. The van der Waals surface area contributed by atoms with Gasteiger partial charge in [0.15, 0.2) is 0 Å². The molecule has 1 aromatic rings. The molecule has 0 bridgehead atoms. The summed E-state index contributed by atoms with van der Waals surface area (Å²) in [6, 6.07) is 6.09. The number of benzene rings is 1. The van der Waals surface area contributed by atoms with Crippen LogP contribution in [-0.2, 0) is 22.4 Å². The number of para-hydroxylation sites is 1. The van der Waals surface area contributed by atoms with Crippen molar-refractivity contribution in [3.05, 3.63) is 29.3 Å². The lowest BCUT2D eigenvalue weighted by atomic mass is 10.0. The van der Waals surface area contributed by atoms with Gasteiger partial charge in [-0.05, 0) is 30.4 Å². The molecule has 24 heavy (non-hydrogen) atoms. The topological polar surface area (TPSA) is 40.6 Å². The molecule has 0 heterocycles. The smallest absolute Gasteiger partial charge is 0.243 e. The van der Waals surface area contributed by atoms with E-state index >= 15 is 0 Å². The second-order valence-electron chi connectivity index (χ2n) is 5.74. The van der Waals surface area contributed by atoms with E-state index in [1.54, 1.807) is 9.80 Å². The van der Waals surface area contributed by atoms with E-state index in [1.165, 1.54) is 0 Å². The molecule has 5 heteroatoms. The van der Waals surface area contributed by atoms with Crippen molar-refractivity contribution in [2.24, 2.45) is 0 Å². The lowest BCUT2D eigenvalue weighted by molar-refractivity contribution is -0.131. The van der Waals surface area contributed by atoms with E-state index in [0.29, 0.717) is 13.0 Å². The summed E-state index contributed by atoms with van der Waals surface area (Å²) in [6.07, 6.45) is 2.93. The van der Waals surface area contributed by atoms with Crippen LogP contribution in [0.4, 0.5) is 5.69 Å². The molecular weight excluding hydrogens is 324 g/mol. The third-order valence-corrected chi connectivity index (χ3v) is 4.34. The highest BCUT2D eigenvalue weighted by atomic mass is 35.5. The molecule has 0 atom stereocenters. The Morgan fingerprint density at radius 1 is 1.00 bits per heavy atom. The molecule has 0 saturated carbocycles. The van der Waals surface area contributed by atoms with Crippen LogP contribution >= 0.6 is 11.6 Å². The van der Waals surface area contributed by atoms with Gasteiger partial charge in [-0.15, -0.1) is 11.6 Å². The number of rotatable bonds is 9. The van der Waals surface area contributed by atoms with Gasteiger partial charge in [0.25, 0.3) is 0 Å². The molecule has 0 aromatic heterocycles. The zero-order chi connectivity index (χ0) is 18.1. The summed E-state index contributed by atoms with van der Waals surface area (Å²) in [5.74, 6) is -0.213. The standard InChI is InChI=1S/C19H29ClN2O2/c1-5-12-21(17(23)8-4)14-22(18(24)13-20)19-15(6-2)10-9-11-16(19)7-3/h9-11H,5-8,12-14H2,1-4H3. The summed E-state index contributed by atoms with van der Waals surface area (Å²) in [5.41, 5.74) is 3.12. The van der Waals surface area contributed by atoms with Crippen molar-refractivity contribution in [3.63, 3.8) is 0 Å². The molecule has 2 amide bonds. The number of carbonyl (C=O) groups excluding carboxylic acids is 2. The number of nitrogens with zero attached hydrogens (tertiary/aromatic N) is 2. The largest absolute Gasteiger partial charge is 0.325 e. The van der Waals surface area contributed by atoms with E-state index in [0.717, 1.165) is 36.1 Å². The Kier molecular flexibility index (Phi) is 8.83. The third-order valence-electron chi connectivity index (χ3n) is 4.11. The fraction of sp³-hybridized carbons (Fsp3) is 0.579. The molecule has 4 nitrogen and oxygen atoms in total. The van der Waals surface area contributed by atoms with Crippen LogP contribution in [0.5, 0.6) is 0 Å². The van der Waals surface area contributed by atoms with Gasteiger partial charge in [0.2, 0.25) is 11.8 Å². The Labute approximate surface area is 150 Å². The number of halogens is 1. The Balaban J connectivity index is 3.32. The lowest BCUT2D eigenvalue weighted by Gasteiger charge is -2.32. The van der Waals surface area contributed by atoms with Crippen molar-refractivity contribution < 1.29 is 9.59 Å². The van der Waals surface area contributed by atoms with Crippen molar-refractivity contribution in [2.45, 2.75) is 53.4 Å². The highest BCUT2D eigenvalue weighted by Crippen LogP contribution is 2.28. The summed E-state index contributed by atoms with van der Waals surface area (Å²) in [5, 5.41) is 0. The number of hydrogen-bond acceptors (Lipinski definition) is 2. The Morgan fingerprint density at radius 3 is 2.00 bits per heavy atom. The molecule has 0 saturated heterocycles. The molecule has 0 spiro atoms. The maximum absolute atomic E-state index is 12.6. The molecule has 0 aliphatic carbocycles. The van der Waals surface area contributed by atoms with Crippen molar-refractivity contribution >= 4 is 29.1 Å². The van der Waals surface area contributed by atoms with Crippen LogP contribution in [0.15, 0.2) is 18.2 Å². The van der Waals surface area contributed by atoms with Gasteiger partial charge in [0, 0.05) is 13.0 Å². The monoisotopic (exact) mass is 352 g/mol. The van der Waals surface area contributed by atoms with Gasteiger partial charge in [-0.1, -0.05) is 45.9 Å². The molecule has 0 aliphatic heterocycles. The number of amides is 2. The summed E-state index contributed by atoms with van der Waals surface area (Å²) >= 11 is 5.87. The maximum Gasteiger partial charge on any atom is 0.243 e. The molecule has 1 aromatic carbocycles. The summed E-state index contributed by atoms with van der Waals surface area (Å²) < 4.78 is 0. The Morgan fingerprint density at radius 2 is 1.58 bits per heavy atom. The fourth-order valence-corrected chi connectivity index (χ4v) is 2.99. The van der Waals surface area contributed by atoms with E-state index < -0.39 is 0 Å². The Bertz CT molecular complexity index is 538. The maximum atomic E-state index is 12.6. The number of anilines is 1. The molecular formula is C19H29ClN2O2. The van der Waals surface area contributed by atoms with Crippen LogP contribution < -0.4 is 4.90 Å². The number of carbonyl (C=O) groups is 2. The highest BCUT2D eigenvalue weighted by Gasteiger charge is 2.24. The zero-order valence-corrected chi connectivity index (χ0v) is 16.0. The van der Waals surface area contributed by atoms with Gasteiger partial charge in [0.05, 0.1) is 5.69 Å². The number of aryl methyl sites for hydroxylation is 2. The second kappa shape index (κ2) is 10.3. The minimum absolute atomic E-state index is 0.0521. The van der Waals surface area contributed by atoms with E-state index in [1.807, 2.05) is 32.0 Å². The van der Waals surface area contributed by atoms with E-state index in [4.69, 9.17) is 11.6 Å². The molecule has 0 aliphatic rings. The first kappa shape index (κ1) is 20.5. The van der Waals surface area contributed by atoms with Crippen LogP contribution in [-0.4, -0.2) is 35.8 Å². The van der Waals surface area contributed by atoms with Crippen LogP contribution in [0.3, 0.4) is 0 Å². The number of hydrogen-bond donors (Lipinski definition) is 0. The third kappa shape index (κ3) is 4.97. The van der Waals surface area contributed by atoms with Gasteiger partial charge in [0.1, 0.15) is 12.5 Å². The van der Waals surface area contributed by atoms with Crippen LogP contribution in [0.25, 0.3) is 0 Å². The molecule has 0 fully saturated rings. The SMILES string of the molecule is CCCN(CN(C(=O)CCl)c1c(CC)cccc1CC)C(=O)CC. The average molecular weight is 353 g/mol. The first-order valence-electron chi connectivity index (χ1n) is 8.78. The van der Waals surface area contributed by atoms with Crippen molar-refractivity contribution in [2.75, 3.05) is 24.0 Å². The zero-order valence-electron chi connectivity index (χ0n) is 15.3. The molecule has 0 radical (unpaired) electrons. The lowest BCUT2D eigenvalue weighted by Crippen LogP contribution is -2.46. The van der Waals surface area contributed by atoms with Gasteiger partial charge >= 0.3 is 0 Å². The quantitative estimate of drug-likeness (QED) is 0.498. The van der Waals surface area contributed by atoms with Crippen LogP contribution in [0.1, 0.15) is 51.7 Å². The molecule has 1 rings (SSSR count). The van der Waals surface area contributed by atoms with Crippen LogP contribution in [0.2, 0.25) is 0 Å². The number of alkyl halides is 1. The average Bonchev–Trinajstić information content (AvgIpc) is 2.63. The highest BCUT2D eigenvalue weighted by molar-refractivity contribution is 6.29. The van der Waals surface area contributed by atoms with Crippen LogP contribution in [0, 0.1) is 0 Å². The van der Waals surface area contributed by atoms with Crippen molar-refractivity contribution in [1.82, 2.24) is 4.90 Å². The summed E-state index contributed by atoms with van der Waals surface area (Å²) in [4.78, 5) is 28.2. The summed E-state index contributed by atoms with van der Waals surface area (Å²) in [7, 11) is 0. The first-order valence-corrected chi connectivity index (χ1v) is 9.32. The van der Waals surface area contributed by atoms with Gasteiger partial charge in [-0.25, -0.2) is 0 Å². The first-order chi connectivity index (χ1) is 11.5. The fourth-order valence-electron chi connectivity index (χ4n) is 2.85. The molecule has 0 unspecified atom stereocenters. The van der Waals surface area contributed by atoms with Gasteiger partial charge < -0.3 is 4.90 Å². The summed E-state index contributed by atoms with van der Waals surface area (Å²) in [6.45, 7) is 8.91. The van der Waals surface area contributed by atoms with Gasteiger partial charge in [-0.2, -0.15) is 0 Å². The van der Waals surface area contributed by atoms with Gasteiger partial charge in [-0.3, -0.25) is 14.5 Å². The van der Waals surface area contributed by atoms with Crippen molar-refractivity contribution in [1.29, 1.82) is 0 Å². The predicted octanol–water partition coefficient (Wildman–Crippen LogP) is 3.99.